The van der Waals surface area contributed by atoms with Gasteiger partial charge in [0.2, 0.25) is 0 Å². The molecule has 0 saturated carbocycles. The molecule has 4 N–H and O–H groups in total. The molecule has 6 heteroatoms. The minimum absolute atomic E-state index is 0. The van der Waals surface area contributed by atoms with E-state index in [-0.39, 0.29) is 39.1 Å². The molecule has 0 saturated heterocycles. The first-order valence-corrected chi connectivity index (χ1v) is 7.46. The van der Waals surface area contributed by atoms with E-state index >= 15 is 0 Å². The van der Waals surface area contributed by atoms with Gasteiger partial charge in [0, 0.05) is 45.7 Å². The minimum Gasteiger partial charge on any atom is -0.479 e. The molecule has 1 radical (unpaired) electrons. The normalized spacial score (nSPS) is 10.8. The quantitative estimate of drug-likeness (QED) is 0.554. The number of carboxylic acid groups (broad SMARTS) is 1. The van der Waals surface area contributed by atoms with Crippen molar-refractivity contribution in [3.8, 4) is 0 Å². The number of benzene rings is 2. The van der Waals surface area contributed by atoms with Crippen LogP contribution in [0.25, 0.3) is 0 Å². The van der Waals surface area contributed by atoms with Gasteiger partial charge in [-0.1, -0.05) is 61.5 Å². The zero-order valence-electron chi connectivity index (χ0n) is 13.7. The summed E-state index contributed by atoms with van der Waals surface area (Å²) in [6, 6.07) is 17.3. The maximum Gasteiger partial charge on any atom is 0.332 e. The first-order chi connectivity index (χ1) is 11.1. The van der Waals surface area contributed by atoms with Crippen LogP contribution in [0.2, 0.25) is 0 Å². The van der Waals surface area contributed by atoms with Crippen molar-refractivity contribution in [1.82, 2.24) is 5.48 Å². The number of nitrogens with one attached hydrogen (secondary N) is 1. The van der Waals surface area contributed by atoms with Gasteiger partial charge in [-0.15, -0.1) is 0 Å². The Morgan fingerprint density at radius 3 is 2.00 bits per heavy atom. The Hall–Kier alpha value is -1.11. The summed E-state index contributed by atoms with van der Waals surface area (Å²) in [5.41, 5.74) is 5.22. The number of hydroxylamine groups is 1. The van der Waals surface area contributed by atoms with Gasteiger partial charge < -0.3 is 15.4 Å². The predicted molar refractivity (Wildman–Crippen MR) is 88.2 cm³/mol. The Morgan fingerprint density at radius 1 is 1.00 bits per heavy atom. The van der Waals surface area contributed by atoms with E-state index in [9.17, 15) is 4.79 Å². The van der Waals surface area contributed by atoms with Crippen molar-refractivity contribution in [1.29, 1.82) is 0 Å². The summed E-state index contributed by atoms with van der Waals surface area (Å²) in [4.78, 5) is 10.4. The molecule has 2 rings (SSSR count). The van der Waals surface area contributed by atoms with Gasteiger partial charge in [0.25, 0.3) is 0 Å². The molecule has 0 spiro atoms. The molecule has 0 bridgehead atoms. The number of aryl methyl sites for hydroxylation is 1. The van der Waals surface area contributed by atoms with Crippen molar-refractivity contribution < 1.29 is 52.9 Å². The van der Waals surface area contributed by atoms with Crippen molar-refractivity contribution in [2.24, 2.45) is 0 Å². The number of carbonyl (C=O) groups is 1. The second-order valence-corrected chi connectivity index (χ2v) is 5.05. The molecule has 2 aromatic carbocycles. The minimum atomic E-state index is -1.30. The van der Waals surface area contributed by atoms with Crippen molar-refractivity contribution >= 4 is 5.97 Å². The van der Waals surface area contributed by atoms with E-state index in [0.717, 1.165) is 17.5 Å². The van der Waals surface area contributed by atoms with E-state index in [1.54, 1.807) is 0 Å². The van der Waals surface area contributed by atoms with Gasteiger partial charge in [-0.25, -0.2) is 10.3 Å². The Labute approximate surface area is 167 Å². The van der Waals surface area contributed by atoms with Crippen molar-refractivity contribution in [3.63, 3.8) is 0 Å². The third-order valence-electron chi connectivity index (χ3n) is 3.27. The molecule has 0 aliphatic carbocycles. The van der Waals surface area contributed by atoms with Gasteiger partial charge in [0.15, 0.2) is 6.10 Å². The topological polar surface area (TPSA) is 89.8 Å². The summed E-state index contributed by atoms with van der Waals surface area (Å²) in [5, 5.41) is 25.9. The fraction of sp³-hybridized carbons (Fsp3) is 0.278. The SMILES string of the molecule is CCc1ccc(CC(O)C(=O)O)cc1.ONCc1ccccc1.[Y]. The molecule has 2 aromatic rings. The van der Waals surface area contributed by atoms with Crippen molar-refractivity contribution in [2.45, 2.75) is 32.4 Å². The van der Waals surface area contributed by atoms with E-state index in [4.69, 9.17) is 15.4 Å². The fourth-order valence-electron chi connectivity index (χ4n) is 1.91. The van der Waals surface area contributed by atoms with Crippen LogP contribution >= 0.6 is 0 Å². The van der Waals surface area contributed by atoms with Crippen LogP contribution in [0.4, 0.5) is 0 Å². The Morgan fingerprint density at radius 2 is 1.54 bits per heavy atom. The summed E-state index contributed by atoms with van der Waals surface area (Å²) in [5.74, 6) is -1.18. The Kier molecular flexibility index (Phi) is 12.6. The summed E-state index contributed by atoms with van der Waals surface area (Å²) >= 11 is 0. The zero-order chi connectivity index (χ0) is 17.1. The molecule has 1 atom stereocenters. The average molecular weight is 406 g/mol. The summed E-state index contributed by atoms with van der Waals surface area (Å²) < 4.78 is 0. The van der Waals surface area contributed by atoms with Crippen molar-refractivity contribution in [3.05, 3.63) is 71.3 Å². The largest absolute Gasteiger partial charge is 0.479 e. The molecular formula is C18H23NO4Y. The summed E-state index contributed by atoms with van der Waals surface area (Å²) in [6.07, 6.45) is -0.177. The molecule has 24 heavy (non-hydrogen) atoms. The van der Waals surface area contributed by atoms with Crippen LogP contribution in [0.15, 0.2) is 54.6 Å². The molecular weight excluding hydrogens is 383 g/mol. The van der Waals surface area contributed by atoms with Crippen LogP contribution in [0.1, 0.15) is 23.6 Å². The van der Waals surface area contributed by atoms with Crippen LogP contribution in [0.3, 0.4) is 0 Å². The van der Waals surface area contributed by atoms with Gasteiger partial charge in [-0.3, -0.25) is 0 Å². The molecule has 127 valence electrons. The van der Waals surface area contributed by atoms with E-state index in [0.29, 0.717) is 6.54 Å². The third-order valence-corrected chi connectivity index (χ3v) is 3.27. The van der Waals surface area contributed by atoms with Crippen LogP contribution in [-0.4, -0.2) is 27.5 Å². The number of rotatable bonds is 6. The third kappa shape index (κ3) is 9.25. The maximum atomic E-state index is 10.4. The molecule has 0 fully saturated rings. The van der Waals surface area contributed by atoms with E-state index in [1.165, 1.54) is 5.56 Å². The molecule has 0 amide bonds. The molecule has 1 unspecified atom stereocenters. The number of aliphatic carboxylic acids is 1. The molecule has 0 aliphatic rings. The average Bonchev–Trinajstić information content (AvgIpc) is 2.57. The van der Waals surface area contributed by atoms with E-state index < -0.39 is 12.1 Å². The Bertz CT molecular complexity index is 575. The standard InChI is InChI=1S/C11H14O3.C7H9NO.Y/c1-2-8-3-5-9(6-4-8)7-10(12)11(13)14;9-8-6-7-4-2-1-3-5-7;/h3-6,10,12H,2,7H2,1H3,(H,13,14);1-5,8-9H,6H2;. The number of aliphatic hydroxyl groups is 1. The molecule has 5 nitrogen and oxygen atoms in total. The van der Waals surface area contributed by atoms with Gasteiger partial charge in [-0.2, -0.15) is 0 Å². The molecule has 0 aliphatic heterocycles. The number of hydrogen-bond donors (Lipinski definition) is 4. The van der Waals surface area contributed by atoms with E-state index in [2.05, 4.69) is 12.4 Å². The van der Waals surface area contributed by atoms with Crippen molar-refractivity contribution in [2.75, 3.05) is 0 Å². The smallest absolute Gasteiger partial charge is 0.332 e. The number of aliphatic hydroxyl groups excluding tert-OH is 1. The molecule has 0 aromatic heterocycles. The number of hydrogen-bond acceptors (Lipinski definition) is 4. The van der Waals surface area contributed by atoms with Gasteiger partial charge in [0.1, 0.15) is 0 Å². The zero-order valence-corrected chi connectivity index (χ0v) is 16.6. The second kappa shape index (κ2) is 13.2. The van der Waals surface area contributed by atoms with Crippen LogP contribution in [0.5, 0.6) is 0 Å². The summed E-state index contributed by atoms with van der Waals surface area (Å²) in [6.45, 7) is 2.57. The fourth-order valence-corrected chi connectivity index (χ4v) is 1.91. The monoisotopic (exact) mass is 406 g/mol. The molecule has 0 heterocycles. The Balaban J connectivity index is 0.000000460. The van der Waals surface area contributed by atoms with Crippen LogP contribution in [0, 0.1) is 0 Å². The predicted octanol–water partition coefficient (Wildman–Crippen LogP) is 2.40. The first kappa shape index (κ1) is 22.9. The summed E-state index contributed by atoms with van der Waals surface area (Å²) in [7, 11) is 0. The van der Waals surface area contributed by atoms with Gasteiger partial charge >= 0.3 is 5.97 Å². The number of carboxylic acids is 1. The van der Waals surface area contributed by atoms with Crippen LogP contribution < -0.4 is 5.48 Å². The maximum absolute atomic E-state index is 10.4. The van der Waals surface area contributed by atoms with Gasteiger partial charge in [0.05, 0.1) is 0 Å². The first-order valence-electron chi connectivity index (χ1n) is 7.46. The van der Waals surface area contributed by atoms with E-state index in [1.807, 2.05) is 54.6 Å². The van der Waals surface area contributed by atoms with Gasteiger partial charge in [-0.05, 0) is 23.1 Å². The second-order valence-electron chi connectivity index (χ2n) is 5.05. The van der Waals surface area contributed by atoms with Crippen LogP contribution in [-0.2, 0) is 56.9 Å².